The molecule has 0 aromatic rings. The number of unbranched alkanes of at least 4 members (excludes halogenated alkanes) is 19. The number of esters is 1. The van der Waals surface area contributed by atoms with Crippen LogP contribution in [0.25, 0.3) is 0 Å². The van der Waals surface area contributed by atoms with Gasteiger partial charge in [0.15, 0.2) is 0 Å². The molecule has 54 heavy (non-hydrogen) atoms. The Morgan fingerprint density at radius 3 is 1.59 bits per heavy atom. The van der Waals surface area contributed by atoms with Gasteiger partial charge in [0.1, 0.15) is 12.2 Å². The summed E-state index contributed by atoms with van der Waals surface area (Å²) >= 11 is 0. The molecule has 0 bridgehead atoms. The molecule has 0 fully saturated rings. The van der Waals surface area contributed by atoms with Gasteiger partial charge in [-0.3, -0.25) is 13.8 Å². The van der Waals surface area contributed by atoms with Crippen LogP contribution in [0.1, 0.15) is 181 Å². The van der Waals surface area contributed by atoms with Crippen molar-refractivity contribution in [3.63, 3.8) is 0 Å². The normalized spacial score (nSPS) is 14.5. The number of allylic oxidation sites excluding steroid dienone is 8. The molecule has 0 saturated carbocycles. The standard InChI is InChI=1S/C44H81O9P/c1-3-5-7-9-11-13-14-15-16-17-18-19-20-21-22-23-24-25-26-27-29-31-33-35-37-50-40-43(41-52-54(48,49)51-39-42(46)38-45)53-44(47)36-34-32-30-28-12-10-8-6-4-2/h5,7,11,13,15-16,18-19,42-43,45-46H,3-4,6,8-10,12,14,17,20-41H2,1-2H3,(H,48,49)/b7-5-,13-11-,16-15-,19-18-. The fourth-order valence-electron chi connectivity index (χ4n) is 5.76. The minimum atomic E-state index is -4.51. The second kappa shape index (κ2) is 41.1. The van der Waals surface area contributed by atoms with Gasteiger partial charge < -0.3 is 24.6 Å². The van der Waals surface area contributed by atoms with Gasteiger partial charge in [-0.25, -0.2) is 4.57 Å². The Bertz CT molecular complexity index is 981. The van der Waals surface area contributed by atoms with Gasteiger partial charge in [0.05, 0.1) is 26.4 Å². The number of aliphatic hydroxyl groups is 2. The van der Waals surface area contributed by atoms with E-state index in [2.05, 4.69) is 62.5 Å². The predicted molar refractivity (Wildman–Crippen MR) is 223 cm³/mol. The summed E-state index contributed by atoms with van der Waals surface area (Å²) in [7, 11) is -4.51. The fraction of sp³-hybridized carbons (Fsp3) is 0.795. The van der Waals surface area contributed by atoms with Crippen molar-refractivity contribution in [2.45, 2.75) is 193 Å². The Kier molecular flexibility index (Phi) is 39.9. The van der Waals surface area contributed by atoms with Crippen LogP contribution in [0.3, 0.4) is 0 Å². The maximum absolute atomic E-state index is 12.5. The van der Waals surface area contributed by atoms with E-state index in [1.54, 1.807) is 0 Å². The lowest BCUT2D eigenvalue weighted by molar-refractivity contribution is -0.154. The van der Waals surface area contributed by atoms with Gasteiger partial charge in [-0.15, -0.1) is 0 Å². The maximum Gasteiger partial charge on any atom is 0.472 e. The van der Waals surface area contributed by atoms with Crippen LogP contribution in [0, 0.1) is 0 Å². The highest BCUT2D eigenvalue weighted by atomic mass is 31.2. The minimum Gasteiger partial charge on any atom is -0.457 e. The molecule has 3 atom stereocenters. The van der Waals surface area contributed by atoms with Crippen molar-refractivity contribution in [1.29, 1.82) is 0 Å². The van der Waals surface area contributed by atoms with Crippen LogP contribution in [-0.4, -0.2) is 66.3 Å². The van der Waals surface area contributed by atoms with Crippen LogP contribution in [0.4, 0.5) is 0 Å². The highest BCUT2D eigenvalue weighted by molar-refractivity contribution is 7.47. The summed E-state index contributed by atoms with van der Waals surface area (Å²) in [5.74, 6) is -0.388. The summed E-state index contributed by atoms with van der Waals surface area (Å²) in [6.45, 7) is 3.38. The molecule has 0 amide bonds. The highest BCUT2D eigenvalue weighted by Crippen LogP contribution is 2.43. The zero-order valence-electron chi connectivity index (χ0n) is 34.4. The van der Waals surface area contributed by atoms with E-state index in [1.165, 1.54) is 96.3 Å². The first-order valence-corrected chi connectivity index (χ1v) is 23.1. The zero-order valence-corrected chi connectivity index (χ0v) is 35.3. The van der Waals surface area contributed by atoms with Crippen molar-refractivity contribution in [3.05, 3.63) is 48.6 Å². The van der Waals surface area contributed by atoms with E-state index in [4.69, 9.17) is 23.6 Å². The Morgan fingerprint density at radius 2 is 1.06 bits per heavy atom. The van der Waals surface area contributed by atoms with Crippen molar-refractivity contribution in [2.75, 3.05) is 33.0 Å². The molecular formula is C44H81O9P. The van der Waals surface area contributed by atoms with Gasteiger partial charge >= 0.3 is 13.8 Å². The molecule has 0 aliphatic rings. The monoisotopic (exact) mass is 785 g/mol. The smallest absolute Gasteiger partial charge is 0.457 e. The van der Waals surface area contributed by atoms with Crippen LogP contribution < -0.4 is 0 Å². The number of rotatable bonds is 41. The topological polar surface area (TPSA) is 132 Å². The molecule has 0 heterocycles. The molecule has 0 aromatic carbocycles. The zero-order chi connectivity index (χ0) is 39.6. The number of phosphoric ester groups is 1. The lowest BCUT2D eigenvalue weighted by Crippen LogP contribution is -2.29. The predicted octanol–water partition coefficient (Wildman–Crippen LogP) is 11.8. The molecule has 10 heteroatoms. The number of phosphoric acid groups is 1. The summed E-state index contributed by atoms with van der Waals surface area (Å²) in [5, 5.41) is 18.3. The quantitative estimate of drug-likeness (QED) is 0.0240. The SMILES string of the molecule is CC/C=C\C/C=C\C/C=C\C/C=C\CCCCCCCCCCCCCOCC(COP(=O)(O)OCC(O)CO)OC(=O)CCCCCCCCCCC. The largest absolute Gasteiger partial charge is 0.472 e. The van der Waals surface area contributed by atoms with Crippen molar-refractivity contribution in [2.24, 2.45) is 0 Å². The van der Waals surface area contributed by atoms with E-state index < -0.39 is 33.2 Å². The molecule has 0 radical (unpaired) electrons. The molecule has 0 saturated heterocycles. The second-order valence-corrected chi connectivity index (χ2v) is 15.8. The fourth-order valence-corrected chi connectivity index (χ4v) is 6.55. The van der Waals surface area contributed by atoms with Crippen LogP contribution in [0.2, 0.25) is 0 Å². The molecular weight excluding hydrogens is 703 g/mol. The van der Waals surface area contributed by atoms with Crippen LogP contribution in [0.5, 0.6) is 0 Å². The lowest BCUT2D eigenvalue weighted by atomic mass is 10.1. The average molecular weight is 785 g/mol. The van der Waals surface area contributed by atoms with Gasteiger partial charge in [0.2, 0.25) is 0 Å². The minimum absolute atomic E-state index is 0.0478. The molecule has 0 aliphatic carbocycles. The van der Waals surface area contributed by atoms with Crippen molar-refractivity contribution >= 4 is 13.8 Å². The van der Waals surface area contributed by atoms with E-state index >= 15 is 0 Å². The van der Waals surface area contributed by atoms with Crippen LogP contribution in [0.15, 0.2) is 48.6 Å². The van der Waals surface area contributed by atoms with Gasteiger partial charge in [-0.2, -0.15) is 0 Å². The van der Waals surface area contributed by atoms with E-state index in [1.807, 2.05) is 0 Å². The van der Waals surface area contributed by atoms with Crippen molar-refractivity contribution in [1.82, 2.24) is 0 Å². The number of carbonyl (C=O) groups is 1. The molecule has 0 spiro atoms. The van der Waals surface area contributed by atoms with E-state index in [9.17, 15) is 19.4 Å². The van der Waals surface area contributed by atoms with Crippen molar-refractivity contribution < 1.29 is 43.0 Å². The third-order valence-electron chi connectivity index (χ3n) is 9.03. The number of aliphatic hydroxyl groups excluding tert-OH is 2. The number of ether oxygens (including phenoxy) is 2. The van der Waals surface area contributed by atoms with Crippen LogP contribution in [-0.2, 0) is 27.9 Å². The van der Waals surface area contributed by atoms with E-state index in [0.717, 1.165) is 64.2 Å². The summed E-state index contributed by atoms with van der Waals surface area (Å²) in [6.07, 6.45) is 45.1. The Labute approximate surface area is 330 Å². The molecule has 0 rings (SSSR count). The summed E-state index contributed by atoms with van der Waals surface area (Å²) < 4.78 is 33.3. The second-order valence-electron chi connectivity index (χ2n) is 14.3. The van der Waals surface area contributed by atoms with Gasteiger partial charge in [0.25, 0.3) is 0 Å². The molecule has 0 aliphatic heterocycles. The Balaban J connectivity index is 4.02. The summed E-state index contributed by atoms with van der Waals surface area (Å²) in [4.78, 5) is 22.5. The first-order valence-electron chi connectivity index (χ1n) is 21.6. The van der Waals surface area contributed by atoms with E-state index in [-0.39, 0.29) is 25.6 Å². The van der Waals surface area contributed by atoms with Gasteiger partial charge in [-0.05, 0) is 51.4 Å². The molecule has 3 unspecified atom stereocenters. The van der Waals surface area contributed by atoms with E-state index in [0.29, 0.717) is 6.61 Å². The van der Waals surface area contributed by atoms with Crippen molar-refractivity contribution in [3.8, 4) is 0 Å². The lowest BCUT2D eigenvalue weighted by Gasteiger charge is -2.20. The number of hydrogen-bond donors (Lipinski definition) is 3. The first kappa shape index (κ1) is 52.4. The third-order valence-corrected chi connectivity index (χ3v) is 9.98. The molecule has 316 valence electrons. The summed E-state index contributed by atoms with van der Waals surface area (Å²) in [6, 6.07) is 0. The number of carbonyl (C=O) groups excluding carboxylic acids is 1. The molecule has 9 nitrogen and oxygen atoms in total. The van der Waals surface area contributed by atoms with Crippen LogP contribution >= 0.6 is 7.82 Å². The maximum atomic E-state index is 12.5. The number of hydrogen-bond acceptors (Lipinski definition) is 8. The highest BCUT2D eigenvalue weighted by Gasteiger charge is 2.26. The van der Waals surface area contributed by atoms with Gasteiger partial charge in [-0.1, -0.05) is 172 Å². The molecule has 3 N–H and O–H groups in total. The Hall–Kier alpha value is -1.58. The first-order chi connectivity index (χ1) is 26.3. The Morgan fingerprint density at radius 1 is 0.593 bits per heavy atom. The summed E-state index contributed by atoms with van der Waals surface area (Å²) in [5.41, 5.74) is 0. The average Bonchev–Trinajstić information content (AvgIpc) is 3.16. The third kappa shape index (κ3) is 40.1. The van der Waals surface area contributed by atoms with Gasteiger partial charge in [0, 0.05) is 13.0 Å². The molecule has 0 aromatic heterocycles.